The summed E-state index contributed by atoms with van der Waals surface area (Å²) >= 11 is 5.13. The smallest absolute Gasteiger partial charge is 0.134 e. The highest BCUT2D eigenvalue weighted by atomic mass is 79.9. The lowest BCUT2D eigenvalue weighted by Gasteiger charge is -2.07. The quantitative estimate of drug-likeness (QED) is 0.748. The van der Waals surface area contributed by atoms with E-state index in [4.69, 9.17) is 10.2 Å². The van der Waals surface area contributed by atoms with Gasteiger partial charge in [-0.1, -0.05) is 15.9 Å². The van der Waals surface area contributed by atoms with Crippen LogP contribution in [0.2, 0.25) is 0 Å². The lowest BCUT2D eigenvalue weighted by molar-refractivity contribution is 0.527. The molecule has 0 saturated heterocycles. The number of fused-ring (bicyclic) bond motifs is 1. The highest BCUT2D eigenvalue weighted by Crippen LogP contribution is 2.32. The maximum Gasteiger partial charge on any atom is 0.134 e. The largest absolute Gasteiger partial charge is 0.459 e. The zero-order valence-corrected chi connectivity index (χ0v) is 12.2. The maximum absolute atomic E-state index is 6.27. The van der Waals surface area contributed by atoms with Crippen LogP contribution in [0, 0.1) is 6.92 Å². The lowest BCUT2D eigenvalue weighted by atomic mass is 10.1. The number of hydrogen-bond donors (Lipinski definition) is 1. The molecule has 1 unspecified atom stereocenters. The molecule has 3 aromatic rings. The summed E-state index contributed by atoms with van der Waals surface area (Å²) in [7, 11) is 0. The monoisotopic (exact) mass is 321 g/mol. The van der Waals surface area contributed by atoms with Crippen LogP contribution in [-0.4, -0.2) is 0 Å². The van der Waals surface area contributed by atoms with Gasteiger partial charge in [0.2, 0.25) is 0 Å². The van der Waals surface area contributed by atoms with Crippen molar-refractivity contribution < 1.29 is 4.42 Å². The highest BCUT2D eigenvalue weighted by Gasteiger charge is 2.17. The van der Waals surface area contributed by atoms with Gasteiger partial charge in [0.15, 0.2) is 0 Å². The molecule has 4 heteroatoms. The Morgan fingerprint density at radius 3 is 2.83 bits per heavy atom. The summed E-state index contributed by atoms with van der Waals surface area (Å²) in [6.45, 7) is 2.07. The van der Waals surface area contributed by atoms with Gasteiger partial charge in [-0.2, -0.15) is 0 Å². The first-order chi connectivity index (χ1) is 8.65. The predicted molar refractivity (Wildman–Crippen MR) is 79.0 cm³/mol. The zero-order valence-electron chi connectivity index (χ0n) is 9.81. The fraction of sp³-hybridized carbons (Fsp3) is 0.143. The van der Waals surface area contributed by atoms with Crippen LogP contribution >= 0.6 is 27.3 Å². The molecule has 1 aromatic carbocycles. The van der Waals surface area contributed by atoms with E-state index < -0.39 is 0 Å². The van der Waals surface area contributed by atoms with Gasteiger partial charge in [0.1, 0.15) is 11.3 Å². The third-order valence-corrected chi connectivity index (χ3v) is 4.58. The second-order valence-electron chi connectivity index (χ2n) is 4.28. The fourth-order valence-electron chi connectivity index (χ4n) is 2.02. The molecule has 3 rings (SSSR count). The number of benzene rings is 1. The van der Waals surface area contributed by atoms with Crippen LogP contribution in [0.5, 0.6) is 0 Å². The van der Waals surface area contributed by atoms with Crippen molar-refractivity contribution in [3.8, 4) is 0 Å². The Morgan fingerprint density at radius 2 is 2.11 bits per heavy atom. The minimum Gasteiger partial charge on any atom is -0.459 e. The van der Waals surface area contributed by atoms with E-state index in [2.05, 4.69) is 34.3 Å². The first-order valence-electron chi connectivity index (χ1n) is 5.64. The Bertz CT molecular complexity index is 701. The first-order valence-corrected chi connectivity index (χ1v) is 7.31. The van der Waals surface area contributed by atoms with E-state index in [1.54, 1.807) is 11.3 Å². The highest BCUT2D eigenvalue weighted by molar-refractivity contribution is 9.10. The second kappa shape index (κ2) is 4.53. The molecule has 0 bridgehead atoms. The Labute approximate surface area is 118 Å². The molecule has 1 atom stereocenters. The average Bonchev–Trinajstić information content (AvgIpc) is 2.93. The molecular formula is C14H12BrNOS. The summed E-state index contributed by atoms with van der Waals surface area (Å²) in [6, 6.07) is 9.88. The molecule has 0 aliphatic carbocycles. The van der Waals surface area contributed by atoms with Gasteiger partial charge in [-0.25, -0.2) is 0 Å². The van der Waals surface area contributed by atoms with Crippen LogP contribution in [0.1, 0.15) is 22.2 Å². The van der Waals surface area contributed by atoms with Crippen molar-refractivity contribution >= 4 is 38.2 Å². The van der Waals surface area contributed by atoms with Crippen molar-refractivity contribution in [2.45, 2.75) is 13.0 Å². The molecule has 2 N–H and O–H groups in total. The number of thiophene rings is 1. The van der Waals surface area contributed by atoms with E-state index in [1.807, 2.05) is 24.3 Å². The van der Waals surface area contributed by atoms with Gasteiger partial charge < -0.3 is 10.2 Å². The Kier molecular flexibility index (Phi) is 3.01. The van der Waals surface area contributed by atoms with Gasteiger partial charge in [0, 0.05) is 14.7 Å². The predicted octanol–water partition coefficient (Wildman–Crippen LogP) is 4.61. The van der Waals surface area contributed by atoms with E-state index in [9.17, 15) is 0 Å². The Morgan fingerprint density at radius 1 is 1.28 bits per heavy atom. The average molecular weight is 322 g/mol. The van der Waals surface area contributed by atoms with Crippen molar-refractivity contribution in [3.05, 3.63) is 56.4 Å². The van der Waals surface area contributed by atoms with Gasteiger partial charge in [-0.3, -0.25) is 0 Å². The van der Waals surface area contributed by atoms with Crippen LogP contribution in [0.15, 0.2) is 44.6 Å². The minimum absolute atomic E-state index is 0.184. The summed E-state index contributed by atoms with van der Waals surface area (Å²) in [5, 5.41) is 3.13. The topological polar surface area (TPSA) is 39.2 Å². The number of nitrogens with two attached hydrogens (primary N) is 1. The van der Waals surface area contributed by atoms with E-state index in [1.165, 1.54) is 5.56 Å². The van der Waals surface area contributed by atoms with E-state index in [0.29, 0.717) is 0 Å². The molecule has 92 valence electrons. The van der Waals surface area contributed by atoms with Crippen molar-refractivity contribution in [2.24, 2.45) is 5.73 Å². The summed E-state index contributed by atoms with van der Waals surface area (Å²) in [4.78, 5) is 1.16. The minimum atomic E-state index is -0.184. The fourth-order valence-corrected chi connectivity index (χ4v) is 3.33. The van der Waals surface area contributed by atoms with Gasteiger partial charge >= 0.3 is 0 Å². The third kappa shape index (κ3) is 2.00. The number of furan rings is 1. The number of aryl methyl sites for hydroxylation is 1. The molecule has 0 aliphatic heterocycles. The third-order valence-electron chi connectivity index (χ3n) is 2.99. The molecule has 0 amide bonds. The standard InChI is InChI=1S/C14H12BrNOS/c1-8-4-5-18-14(8)13(16)12-7-9-6-10(15)2-3-11(9)17-12/h2-7,13H,16H2,1H3. The molecule has 2 heterocycles. The van der Waals surface area contributed by atoms with Crippen LogP contribution in [0.25, 0.3) is 11.0 Å². The molecule has 18 heavy (non-hydrogen) atoms. The first kappa shape index (κ1) is 12.0. The second-order valence-corrected chi connectivity index (χ2v) is 6.14. The van der Waals surface area contributed by atoms with Crippen molar-refractivity contribution in [2.75, 3.05) is 0 Å². The number of halogens is 1. The molecule has 0 fully saturated rings. The van der Waals surface area contributed by atoms with E-state index in [-0.39, 0.29) is 6.04 Å². The zero-order chi connectivity index (χ0) is 12.7. The molecule has 0 saturated carbocycles. The van der Waals surface area contributed by atoms with Crippen molar-refractivity contribution in [1.82, 2.24) is 0 Å². The summed E-state index contributed by atoms with van der Waals surface area (Å²) in [6.07, 6.45) is 0. The molecular weight excluding hydrogens is 310 g/mol. The van der Waals surface area contributed by atoms with Crippen LogP contribution < -0.4 is 5.73 Å². The van der Waals surface area contributed by atoms with E-state index >= 15 is 0 Å². The van der Waals surface area contributed by atoms with E-state index in [0.717, 1.165) is 26.1 Å². The van der Waals surface area contributed by atoms with Gasteiger partial charge in [0.05, 0.1) is 6.04 Å². The number of rotatable bonds is 2. The van der Waals surface area contributed by atoms with Gasteiger partial charge in [-0.15, -0.1) is 11.3 Å². The van der Waals surface area contributed by atoms with Gasteiger partial charge in [0.25, 0.3) is 0 Å². The summed E-state index contributed by atoms with van der Waals surface area (Å²) in [5.41, 5.74) is 8.36. The maximum atomic E-state index is 6.27. The molecule has 0 aliphatic rings. The Balaban J connectivity index is 2.07. The summed E-state index contributed by atoms with van der Waals surface area (Å²) in [5.74, 6) is 0.814. The van der Waals surface area contributed by atoms with Gasteiger partial charge in [-0.05, 0) is 48.2 Å². The molecule has 2 nitrogen and oxygen atoms in total. The Hall–Kier alpha value is -1.10. The van der Waals surface area contributed by atoms with Crippen LogP contribution in [-0.2, 0) is 0 Å². The number of hydrogen-bond acceptors (Lipinski definition) is 3. The summed E-state index contributed by atoms with van der Waals surface area (Å²) < 4.78 is 6.87. The molecule has 0 spiro atoms. The molecule has 2 aromatic heterocycles. The normalized spacial score (nSPS) is 13.1. The lowest BCUT2D eigenvalue weighted by Crippen LogP contribution is -2.10. The molecule has 0 radical (unpaired) electrons. The van der Waals surface area contributed by atoms with Crippen molar-refractivity contribution in [3.63, 3.8) is 0 Å². The van der Waals surface area contributed by atoms with Crippen LogP contribution in [0.3, 0.4) is 0 Å². The van der Waals surface area contributed by atoms with Crippen LogP contribution in [0.4, 0.5) is 0 Å². The van der Waals surface area contributed by atoms with Crippen molar-refractivity contribution in [1.29, 1.82) is 0 Å². The SMILES string of the molecule is Cc1ccsc1C(N)c1cc2cc(Br)ccc2o1.